The summed E-state index contributed by atoms with van der Waals surface area (Å²) in [6.07, 6.45) is 2.05. The van der Waals surface area contributed by atoms with E-state index in [9.17, 15) is 24.5 Å². The van der Waals surface area contributed by atoms with Gasteiger partial charge in [0.2, 0.25) is 5.91 Å². The van der Waals surface area contributed by atoms with Gasteiger partial charge in [-0.3, -0.25) is 19.7 Å². The fourth-order valence-electron chi connectivity index (χ4n) is 1.93. The van der Waals surface area contributed by atoms with Gasteiger partial charge in [-0.05, 0) is 18.9 Å². The summed E-state index contributed by atoms with van der Waals surface area (Å²) >= 11 is 5.81. The van der Waals surface area contributed by atoms with Gasteiger partial charge in [0.25, 0.3) is 11.6 Å². The van der Waals surface area contributed by atoms with Gasteiger partial charge < -0.3 is 15.7 Å². The topological polar surface area (TPSA) is 139 Å². The van der Waals surface area contributed by atoms with Gasteiger partial charge >= 0.3 is 5.97 Å². The second-order valence-electron chi connectivity index (χ2n) is 4.90. The molecule has 0 heterocycles. The van der Waals surface area contributed by atoms with E-state index in [2.05, 4.69) is 17.2 Å². The van der Waals surface area contributed by atoms with E-state index < -0.39 is 41.0 Å². The summed E-state index contributed by atoms with van der Waals surface area (Å²) in [5.74, 6) is -2.88. The Morgan fingerprint density at radius 3 is 2.64 bits per heavy atom. The highest BCUT2D eigenvalue weighted by Crippen LogP contribution is 2.25. The van der Waals surface area contributed by atoms with E-state index >= 15 is 0 Å². The average Bonchev–Trinajstić information content (AvgIpc) is 2.55. The largest absolute Gasteiger partial charge is 0.480 e. The van der Waals surface area contributed by atoms with Gasteiger partial charge in [-0.1, -0.05) is 23.7 Å². The highest BCUT2D eigenvalue weighted by Gasteiger charge is 2.24. The Bertz CT molecular complexity index is 707. The van der Waals surface area contributed by atoms with Crippen LogP contribution >= 0.6 is 11.6 Å². The molecule has 0 aromatic heterocycles. The third-order valence-corrected chi connectivity index (χ3v) is 3.43. The van der Waals surface area contributed by atoms with Crippen LogP contribution in [-0.4, -0.2) is 40.4 Å². The van der Waals surface area contributed by atoms with Gasteiger partial charge in [0.05, 0.1) is 16.5 Å². The van der Waals surface area contributed by atoms with Crippen LogP contribution in [0.25, 0.3) is 0 Å². The Hall–Kier alpha value is -2.94. The molecule has 0 aliphatic carbocycles. The maximum absolute atomic E-state index is 12.1. The number of halogens is 1. The number of benzene rings is 1. The number of hydrogen-bond acceptors (Lipinski definition) is 5. The van der Waals surface area contributed by atoms with Crippen molar-refractivity contribution in [2.24, 2.45) is 0 Å². The van der Waals surface area contributed by atoms with Gasteiger partial charge in [-0.15, -0.1) is 6.58 Å². The molecule has 0 aliphatic heterocycles. The number of nitro groups is 1. The third kappa shape index (κ3) is 5.88. The molecule has 2 amide bonds. The highest BCUT2D eigenvalue weighted by molar-refractivity contribution is 6.34. The Morgan fingerprint density at radius 2 is 2.08 bits per heavy atom. The summed E-state index contributed by atoms with van der Waals surface area (Å²) in [6, 6.07) is 2.61. The van der Waals surface area contributed by atoms with Gasteiger partial charge in [-0.25, -0.2) is 4.79 Å². The number of carboxylic acids is 1. The molecule has 1 rings (SSSR count). The van der Waals surface area contributed by atoms with Crippen molar-refractivity contribution in [1.82, 2.24) is 10.6 Å². The van der Waals surface area contributed by atoms with E-state index in [0.717, 1.165) is 6.07 Å². The summed E-state index contributed by atoms with van der Waals surface area (Å²) < 4.78 is 0. The van der Waals surface area contributed by atoms with E-state index in [-0.39, 0.29) is 17.0 Å². The zero-order valence-electron chi connectivity index (χ0n) is 13.0. The Labute approximate surface area is 147 Å². The van der Waals surface area contributed by atoms with Gasteiger partial charge in [0.1, 0.15) is 11.6 Å². The quantitative estimate of drug-likeness (QED) is 0.342. The average molecular weight is 370 g/mol. The number of hydrogen-bond donors (Lipinski definition) is 3. The zero-order valence-corrected chi connectivity index (χ0v) is 13.8. The van der Waals surface area contributed by atoms with Gasteiger partial charge in [0, 0.05) is 6.07 Å². The normalized spacial score (nSPS) is 11.2. The highest BCUT2D eigenvalue weighted by atomic mass is 35.5. The molecular formula is C15H16ClN3O6. The number of allylic oxidation sites excluding steroid dienone is 1. The number of nitro benzene ring substituents is 1. The fourth-order valence-corrected chi connectivity index (χ4v) is 2.18. The molecule has 1 aromatic carbocycles. The zero-order chi connectivity index (χ0) is 19.0. The molecule has 0 radical (unpaired) electrons. The lowest BCUT2D eigenvalue weighted by Crippen LogP contribution is -2.45. The van der Waals surface area contributed by atoms with Gasteiger partial charge in [0.15, 0.2) is 0 Å². The molecule has 0 saturated heterocycles. The van der Waals surface area contributed by atoms with E-state index in [0.29, 0.717) is 6.42 Å². The summed E-state index contributed by atoms with van der Waals surface area (Å²) in [7, 11) is 0. The fraction of sp³-hybridized carbons (Fsp3) is 0.267. The first-order chi connectivity index (χ1) is 11.8. The number of carbonyl (C=O) groups excluding carboxylic acids is 2. The van der Waals surface area contributed by atoms with Crippen molar-refractivity contribution in [2.45, 2.75) is 18.9 Å². The molecule has 0 spiro atoms. The lowest BCUT2D eigenvalue weighted by Gasteiger charge is -2.14. The summed E-state index contributed by atoms with van der Waals surface area (Å²) in [5.41, 5.74) is -0.872. The summed E-state index contributed by atoms with van der Waals surface area (Å²) in [5, 5.41) is 24.2. The molecule has 0 aliphatic rings. The van der Waals surface area contributed by atoms with E-state index in [1.165, 1.54) is 18.2 Å². The smallest absolute Gasteiger partial charge is 0.326 e. The van der Waals surface area contributed by atoms with Crippen LogP contribution in [0, 0.1) is 10.1 Å². The minimum Gasteiger partial charge on any atom is -0.480 e. The van der Waals surface area contributed by atoms with Crippen LogP contribution in [0.15, 0.2) is 30.9 Å². The number of carboxylic acid groups (broad SMARTS) is 1. The first-order valence-corrected chi connectivity index (χ1v) is 7.49. The second kappa shape index (κ2) is 9.38. The number of nitrogens with one attached hydrogen (secondary N) is 2. The standard InChI is InChI=1S/C15H16ClN3O6/c1-2-3-6-10(15(22)23)18-12(20)8-17-14(21)13-9(16)5-4-7-11(13)19(24)25/h2,4-5,7,10H,1,3,6,8H2,(H,17,21)(H,18,20)(H,22,23). The van der Waals surface area contributed by atoms with Crippen LogP contribution in [0.2, 0.25) is 5.02 Å². The van der Waals surface area contributed by atoms with E-state index in [4.69, 9.17) is 16.7 Å². The molecule has 3 N–H and O–H groups in total. The van der Waals surface area contributed by atoms with Crippen molar-refractivity contribution in [3.8, 4) is 0 Å². The number of carbonyl (C=O) groups is 3. The Balaban J connectivity index is 2.73. The van der Waals surface area contributed by atoms with Crippen LogP contribution in [0.1, 0.15) is 23.2 Å². The molecule has 0 saturated carbocycles. The molecule has 1 atom stereocenters. The molecule has 25 heavy (non-hydrogen) atoms. The van der Waals surface area contributed by atoms with Gasteiger partial charge in [-0.2, -0.15) is 0 Å². The molecule has 9 nitrogen and oxygen atoms in total. The minimum atomic E-state index is -1.22. The van der Waals surface area contributed by atoms with Crippen LogP contribution < -0.4 is 10.6 Å². The monoisotopic (exact) mass is 369 g/mol. The molecule has 1 unspecified atom stereocenters. The number of aliphatic carboxylic acids is 1. The van der Waals surface area contributed by atoms with Crippen molar-refractivity contribution in [3.05, 3.63) is 51.6 Å². The van der Waals surface area contributed by atoms with Crippen LogP contribution in [0.3, 0.4) is 0 Å². The van der Waals surface area contributed by atoms with Crippen molar-refractivity contribution in [1.29, 1.82) is 0 Å². The van der Waals surface area contributed by atoms with Crippen molar-refractivity contribution < 1.29 is 24.4 Å². The third-order valence-electron chi connectivity index (χ3n) is 3.12. The predicted octanol–water partition coefficient (Wildman–Crippen LogP) is 1.51. The Morgan fingerprint density at radius 1 is 1.40 bits per heavy atom. The first kappa shape index (κ1) is 20.1. The second-order valence-corrected chi connectivity index (χ2v) is 5.31. The lowest BCUT2D eigenvalue weighted by atomic mass is 10.1. The Kier molecular flexibility index (Phi) is 7.54. The maximum atomic E-state index is 12.1. The van der Waals surface area contributed by atoms with E-state index in [1.807, 2.05) is 0 Å². The molecule has 1 aromatic rings. The summed E-state index contributed by atoms with van der Waals surface area (Å²) in [4.78, 5) is 45.1. The molecule has 0 bridgehead atoms. The number of nitrogens with zero attached hydrogens (tertiary/aromatic N) is 1. The summed E-state index contributed by atoms with van der Waals surface area (Å²) in [6.45, 7) is 2.91. The molecular weight excluding hydrogens is 354 g/mol. The molecule has 10 heteroatoms. The predicted molar refractivity (Wildman–Crippen MR) is 89.4 cm³/mol. The van der Waals surface area contributed by atoms with Crippen LogP contribution in [-0.2, 0) is 9.59 Å². The van der Waals surface area contributed by atoms with Crippen molar-refractivity contribution in [3.63, 3.8) is 0 Å². The minimum absolute atomic E-state index is 0.137. The molecule has 0 fully saturated rings. The van der Waals surface area contributed by atoms with Crippen molar-refractivity contribution >= 4 is 35.1 Å². The SMILES string of the molecule is C=CCCC(NC(=O)CNC(=O)c1c(Cl)cccc1[N+](=O)[O-])C(=O)O. The van der Waals surface area contributed by atoms with Crippen molar-refractivity contribution in [2.75, 3.05) is 6.54 Å². The maximum Gasteiger partial charge on any atom is 0.326 e. The number of amides is 2. The van der Waals surface area contributed by atoms with E-state index in [1.54, 1.807) is 0 Å². The van der Waals surface area contributed by atoms with Crippen LogP contribution in [0.5, 0.6) is 0 Å². The lowest BCUT2D eigenvalue weighted by molar-refractivity contribution is -0.385. The first-order valence-electron chi connectivity index (χ1n) is 7.12. The van der Waals surface area contributed by atoms with Crippen LogP contribution in [0.4, 0.5) is 5.69 Å². The molecule has 134 valence electrons. The number of rotatable bonds is 9.